The predicted octanol–water partition coefficient (Wildman–Crippen LogP) is 5.77. The van der Waals surface area contributed by atoms with E-state index < -0.39 is 0 Å². The molecule has 1 aromatic carbocycles. The number of likely N-dealkylation sites (tertiary alicyclic amines) is 1. The van der Waals surface area contributed by atoms with Crippen LogP contribution in [0.3, 0.4) is 0 Å². The second kappa shape index (κ2) is 9.87. The molecule has 0 saturated carbocycles. The third kappa shape index (κ3) is 4.77. The lowest BCUT2D eigenvalue weighted by Gasteiger charge is -2.25. The largest absolute Gasteiger partial charge is 0.339 e. The molecule has 154 valence electrons. The first-order valence-corrected chi connectivity index (χ1v) is 11.2. The number of nitrogens with zero attached hydrogens (tertiary/aromatic N) is 2. The summed E-state index contributed by atoms with van der Waals surface area (Å²) >= 11 is 0. The van der Waals surface area contributed by atoms with Crippen LogP contribution in [0, 0.1) is 6.92 Å². The highest BCUT2D eigenvalue weighted by Crippen LogP contribution is 2.30. The summed E-state index contributed by atoms with van der Waals surface area (Å²) in [4.78, 5) is 19.5. The SMILES string of the molecule is CCc1cc(-c2c(CC)cccc2CC)nc(C)c1C=CC(=O)N1CCCCC1. The van der Waals surface area contributed by atoms with Gasteiger partial charge in [-0.3, -0.25) is 9.78 Å². The molecule has 1 aliphatic heterocycles. The van der Waals surface area contributed by atoms with Crippen molar-refractivity contribution >= 4 is 12.0 Å². The molecule has 0 spiro atoms. The zero-order valence-electron chi connectivity index (χ0n) is 18.4. The first kappa shape index (κ1) is 21.3. The van der Waals surface area contributed by atoms with Crippen LogP contribution in [0.1, 0.15) is 68.0 Å². The van der Waals surface area contributed by atoms with E-state index in [2.05, 4.69) is 52.0 Å². The van der Waals surface area contributed by atoms with E-state index in [4.69, 9.17) is 4.98 Å². The number of hydrogen-bond acceptors (Lipinski definition) is 2. The Morgan fingerprint density at radius 3 is 2.21 bits per heavy atom. The first-order chi connectivity index (χ1) is 14.1. The lowest BCUT2D eigenvalue weighted by molar-refractivity contribution is -0.126. The van der Waals surface area contributed by atoms with Gasteiger partial charge in [0.2, 0.25) is 5.91 Å². The Bertz CT molecular complexity index is 870. The molecule has 0 aliphatic carbocycles. The van der Waals surface area contributed by atoms with Crippen molar-refractivity contribution in [3.8, 4) is 11.3 Å². The van der Waals surface area contributed by atoms with Crippen molar-refractivity contribution in [2.24, 2.45) is 0 Å². The number of aromatic nitrogens is 1. The molecule has 1 aliphatic rings. The number of carbonyl (C=O) groups excluding carboxylic acids is 1. The molecule has 1 aromatic heterocycles. The molecule has 0 bridgehead atoms. The van der Waals surface area contributed by atoms with Gasteiger partial charge in [-0.05, 0) is 79.8 Å². The predicted molar refractivity (Wildman–Crippen MR) is 122 cm³/mol. The molecule has 3 heteroatoms. The Morgan fingerprint density at radius 2 is 1.62 bits per heavy atom. The fourth-order valence-corrected chi connectivity index (χ4v) is 4.34. The highest BCUT2D eigenvalue weighted by Gasteiger charge is 2.16. The smallest absolute Gasteiger partial charge is 0.246 e. The fourth-order valence-electron chi connectivity index (χ4n) is 4.34. The number of carbonyl (C=O) groups is 1. The molecular weight excluding hydrogens is 356 g/mol. The van der Waals surface area contributed by atoms with E-state index in [1.807, 2.05) is 11.0 Å². The number of rotatable bonds is 6. The molecule has 0 unspecified atom stereocenters. The zero-order valence-corrected chi connectivity index (χ0v) is 18.4. The summed E-state index contributed by atoms with van der Waals surface area (Å²) in [7, 11) is 0. The Kier molecular flexibility index (Phi) is 7.24. The molecule has 1 saturated heterocycles. The maximum Gasteiger partial charge on any atom is 0.246 e. The van der Waals surface area contributed by atoms with Gasteiger partial charge in [0.1, 0.15) is 0 Å². The molecule has 1 amide bonds. The Hall–Kier alpha value is -2.42. The maximum absolute atomic E-state index is 12.6. The second-order valence-electron chi connectivity index (χ2n) is 7.90. The molecule has 3 rings (SSSR count). The topological polar surface area (TPSA) is 33.2 Å². The van der Waals surface area contributed by atoms with Crippen molar-refractivity contribution in [2.45, 2.75) is 66.2 Å². The molecule has 0 atom stereocenters. The molecule has 3 nitrogen and oxygen atoms in total. The summed E-state index contributed by atoms with van der Waals surface area (Å²) in [6.07, 6.45) is 10.1. The van der Waals surface area contributed by atoms with Crippen molar-refractivity contribution in [3.05, 3.63) is 58.3 Å². The number of amides is 1. The van der Waals surface area contributed by atoms with Gasteiger partial charge in [0.15, 0.2) is 0 Å². The van der Waals surface area contributed by atoms with E-state index in [9.17, 15) is 4.79 Å². The number of benzene rings is 1. The van der Waals surface area contributed by atoms with Crippen molar-refractivity contribution in [1.29, 1.82) is 0 Å². The lowest BCUT2D eigenvalue weighted by Crippen LogP contribution is -2.34. The molecule has 2 heterocycles. The highest BCUT2D eigenvalue weighted by atomic mass is 16.2. The van der Waals surface area contributed by atoms with Crippen LogP contribution in [0.15, 0.2) is 30.3 Å². The van der Waals surface area contributed by atoms with Gasteiger partial charge in [0, 0.05) is 30.4 Å². The lowest BCUT2D eigenvalue weighted by atomic mass is 9.92. The number of pyridine rings is 1. The van der Waals surface area contributed by atoms with Crippen LogP contribution in [0.5, 0.6) is 0 Å². The van der Waals surface area contributed by atoms with E-state index in [0.717, 1.165) is 62.1 Å². The van der Waals surface area contributed by atoms with Crippen molar-refractivity contribution in [1.82, 2.24) is 9.88 Å². The van der Waals surface area contributed by atoms with Gasteiger partial charge in [-0.2, -0.15) is 0 Å². The normalized spacial score (nSPS) is 14.6. The minimum absolute atomic E-state index is 0.125. The van der Waals surface area contributed by atoms with Gasteiger partial charge in [0.25, 0.3) is 0 Å². The van der Waals surface area contributed by atoms with Crippen LogP contribution >= 0.6 is 0 Å². The summed E-state index contributed by atoms with van der Waals surface area (Å²) in [5.74, 6) is 0.125. The van der Waals surface area contributed by atoms with Gasteiger partial charge >= 0.3 is 0 Å². The first-order valence-electron chi connectivity index (χ1n) is 11.2. The molecule has 0 N–H and O–H groups in total. The molecule has 0 radical (unpaired) electrons. The third-order valence-electron chi connectivity index (χ3n) is 6.03. The van der Waals surface area contributed by atoms with Crippen LogP contribution < -0.4 is 0 Å². The van der Waals surface area contributed by atoms with Gasteiger partial charge < -0.3 is 4.90 Å². The number of piperidine rings is 1. The van der Waals surface area contributed by atoms with Crippen molar-refractivity contribution in [2.75, 3.05) is 13.1 Å². The quantitative estimate of drug-likeness (QED) is 0.587. The monoisotopic (exact) mass is 390 g/mol. The molecular formula is C26H34N2O. The van der Waals surface area contributed by atoms with Crippen molar-refractivity contribution in [3.63, 3.8) is 0 Å². The van der Waals surface area contributed by atoms with Crippen LogP contribution in [0.4, 0.5) is 0 Å². The van der Waals surface area contributed by atoms with E-state index in [-0.39, 0.29) is 5.91 Å². The zero-order chi connectivity index (χ0) is 20.8. The highest BCUT2D eigenvalue weighted by molar-refractivity contribution is 5.92. The second-order valence-corrected chi connectivity index (χ2v) is 7.90. The third-order valence-corrected chi connectivity index (χ3v) is 6.03. The maximum atomic E-state index is 12.6. The average Bonchev–Trinajstić information content (AvgIpc) is 2.77. The Balaban J connectivity index is 1.97. The fraction of sp³-hybridized carbons (Fsp3) is 0.462. The minimum atomic E-state index is 0.125. The van der Waals surface area contributed by atoms with E-state index in [1.165, 1.54) is 28.7 Å². The van der Waals surface area contributed by atoms with Crippen LogP contribution in [0.2, 0.25) is 0 Å². The van der Waals surface area contributed by atoms with Crippen LogP contribution in [0.25, 0.3) is 17.3 Å². The Labute approximate surface area is 175 Å². The summed E-state index contributed by atoms with van der Waals surface area (Å²) < 4.78 is 0. The average molecular weight is 391 g/mol. The van der Waals surface area contributed by atoms with E-state index in [1.54, 1.807) is 6.08 Å². The number of aryl methyl sites for hydroxylation is 4. The summed E-state index contributed by atoms with van der Waals surface area (Å²) in [6, 6.07) is 8.80. The Morgan fingerprint density at radius 1 is 1.00 bits per heavy atom. The summed E-state index contributed by atoms with van der Waals surface area (Å²) in [5.41, 5.74) is 8.39. The molecule has 1 fully saturated rings. The van der Waals surface area contributed by atoms with Gasteiger partial charge in [-0.25, -0.2) is 0 Å². The molecule has 2 aromatic rings. The van der Waals surface area contributed by atoms with E-state index in [0.29, 0.717) is 0 Å². The van der Waals surface area contributed by atoms with Gasteiger partial charge in [-0.1, -0.05) is 39.0 Å². The minimum Gasteiger partial charge on any atom is -0.339 e. The summed E-state index contributed by atoms with van der Waals surface area (Å²) in [5, 5.41) is 0. The van der Waals surface area contributed by atoms with Gasteiger partial charge in [-0.15, -0.1) is 0 Å². The van der Waals surface area contributed by atoms with E-state index >= 15 is 0 Å². The van der Waals surface area contributed by atoms with Crippen LogP contribution in [-0.2, 0) is 24.1 Å². The molecule has 29 heavy (non-hydrogen) atoms. The standard InChI is InChI=1S/C26H34N2O/c1-5-20-12-11-13-21(6-2)26(20)24-18-22(7-3)23(19(4)27-24)14-15-25(29)28-16-9-8-10-17-28/h11-15,18H,5-10,16-17H2,1-4H3. The van der Waals surface area contributed by atoms with Crippen molar-refractivity contribution < 1.29 is 4.79 Å². The van der Waals surface area contributed by atoms with Gasteiger partial charge in [0.05, 0.1) is 5.69 Å². The van der Waals surface area contributed by atoms with Crippen LogP contribution in [-0.4, -0.2) is 28.9 Å². The summed E-state index contributed by atoms with van der Waals surface area (Å²) in [6.45, 7) is 10.4. The number of hydrogen-bond donors (Lipinski definition) is 0.